The summed E-state index contributed by atoms with van der Waals surface area (Å²) < 4.78 is 0. The summed E-state index contributed by atoms with van der Waals surface area (Å²) in [5.41, 5.74) is 8.24. The molecule has 0 atom stereocenters. The van der Waals surface area contributed by atoms with Gasteiger partial charge in [-0.2, -0.15) is 0 Å². The van der Waals surface area contributed by atoms with E-state index in [1.807, 2.05) is 0 Å². The van der Waals surface area contributed by atoms with E-state index in [4.69, 9.17) is 5.73 Å². The quantitative estimate of drug-likeness (QED) is 0.774. The van der Waals surface area contributed by atoms with E-state index in [0.29, 0.717) is 0 Å². The SMILES string of the molecule is Cc1ccc2cc(CCCCN)ccc2c1. The van der Waals surface area contributed by atoms with Crippen LogP contribution in [0.1, 0.15) is 24.0 Å². The Bertz CT molecular complexity index is 474. The van der Waals surface area contributed by atoms with Crippen LogP contribution in [-0.2, 0) is 6.42 Å². The molecule has 0 heterocycles. The molecule has 0 saturated carbocycles. The van der Waals surface area contributed by atoms with E-state index >= 15 is 0 Å². The number of fused-ring (bicyclic) bond motifs is 1. The lowest BCUT2D eigenvalue weighted by Crippen LogP contribution is -1.98. The molecule has 0 amide bonds. The number of rotatable bonds is 4. The summed E-state index contributed by atoms with van der Waals surface area (Å²) in [5.74, 6) is 0. The van der Waals surface area contributed by atoms with Gasteiger partial charge in [-0.05, 0) is 49.1 Å². The van der Waals surface area contributed by atoms with Crippen LogP contribution < -0.4 is 5.73 Å². The molecule has 16 heavy (non-hydrogen) atoms. The van der Waals surface area contributed by atoms with Crippen LogP contribution in [0.2, 0.25) is 0 Å². The predicted molar refractivity (Wildman–Crippen MR) is 70.7 cm³/mol. The van der Waals surface area contributed by atoms with Crippen LogP contribution in [0.4, 0.5) is 0 Å². The van der Waals surface area contributed by atoms with Gasteiger partial charge in [0.25, 0.3) is 0 Å². The Morgan fingerprint density at radius 3 is 2.50 bits per heavy atom. The largest absolute Gasteiger partial charge is 0.330 e. The maximum atomic E-state index is 5.50. The van der Waals surface area contributed by atoms with E-state index < -0.39 is 0 Å². The highest BCUT2D eigenvalue weighted by Crippen LogP contribution is 2.18. The molecule has 0 radical (unpaired) electrons. The zero-order valence-electron chi connectivity index (χ0n) is 9.87. The molecule has 0 saturated heterocycles. The Kier molecular flexibility index (Phi) is 3.58. The average Bonchev–Trinajstić information content (AvgIpc) is 2.29. The molecule has 0 unspecified atom stereocenters. The summed E-state index contributed by atoms with van der Waals surface area (Å²) in [5, 5.41) is 2.68. The fraction of sp³-hybridized carbons (Fsp3) is 0.333. The van der Waals surface area contributed by atoms with Crippen molar-refractivity contribution in [2.45, 2.75) is 26.2 Å². The Hall–Kier alpha value is -1.34. The van der Waals surface area contributed by atoms with Gasteiger partial charge in [0.15, 0.2) is 0 Å². The van der Waals surface area contributed by atoms with Gasteiger partial charge in [0, 0.05) is 0 Å². The highest BCUT2D eigenvalue weighted by Gasteiger charge is 1.97. The summed E-state index contributed by atoms with van der Waals surface area (Å²) in [6.07, 6.45) is 3.45. The van der Waals surface area contributed by atoms with Gasteiger partial charge in [-0.25, -0.2) is 0 Å². The zero-order chi connectivity index (χ0) is 11.4. The fourth-order valence-electron chi connectivity index (χ4n) is 2.04. The predicted octanol–water partition coefficient (Wildman–Crippen LogP) is 3.43. The maximum Gasteiger partial charge on any atom is -0.00772 e. The van der Waals surface area contributed by atoms with Crippen molar-refractivity contribution >= 4 is 10.8 Å². The van der Waals surface area contributed by atoms with E-state index in [-0.39, 0.29) is 0 Å². The van der Waals surface area contributed by atoms with Crippen molar-refractivity contribution in [1.29, 1.82) is 0 Å². The number of hydrogen-bond donors (Lipinski definition) is 1. The molecule has 1 heteroatoms. The molecule has 0 aromatic heterocycles. The average molecular weight is 213 g/mol. The minimum Gasteiger partial charge on any atom is -0.330 e. The number of aryl methyl sites for hydroxylation is 2. The van der Waals surface area contributed by atoms with Crippen LogP contribution in [0.3, 0.4) is 0 Å². The second kappa shape index (κ2) is 5.13. The molecule has 0 aliphatic heterocycles. The Morgan fingerprint density at radius 1 is 0.938 bits per heavy atom. The lowest BCUT2D eigenvalue weighted by Gasteiger charge is -2.04. The van der Waals surface area contributed by atoms with Gasteiger partial charge in [0.05, 0.1) is 0 Å². The number of benzene rings is 2. The molecule has 2 aromatic carbocycles. The Labute approximate surface area is 97.3 Å². The van der Waals surface area contributed by atoms with E-state index in [0.717, 1.165) is 19.4 Å². The van der Waals surface area contributed by atoms with Crippen molar-refractivity contribution in [2.75, 3.05) is 6.54 Å². The third kappa shape index (κ3) is 2.61. The third-order valence-corrected chi connectivity index (χ3v) is 2.98. The first-order chi connectivity index (χ1) is 7.79. The summed E-state index contributed by atoms with van der Waals surface area (Å²) in [6.45, 7) is 2.93. The molecule has 0 aliphatic carbocycles. The maximum absolute atomic E-state index is 5.50. The monoisotopic (exact) mass is 213 g/mol. The lowest BCUT2D eigenvalue weighted by atomic mass is 10.0. The van der Waals surface area contributed by atoms with E-state index in [1.165, 1.54) is 28.3 Å². The highest BCUT2D eigenvalue weighted by molar-refractivity contribution is 5.83. The van der Waals surface area contributed by atoms with Crippen molar-refractivity contribution < 1.29 is 0 Å². The Balaban J connectivity index is 2.20. The second-order valence-corrected chi connectivity index (χ2v) is 4.43. The normalized spacial score (nSPS) is 10.9. The van der Waals surface area contributed by atoms with Crippen LogP contribution in [0.15, 0.2) is 36.4 Å². The van der Waals surface area contributed by atoms with Gasteiger partial charge < -0.3 is 5.73 Å². The van der Waals surface area contributed by atoms with Crippen LogP contribution in [0.5, 0.6) is 0 Å². The van der Waals surface area contributed by atoms with Gasteiger partial charge in [0.1, 0.15) is 0 Å². The van der Waals surface area contributed by atoms with Crippen LogP contribution in [0.25, 0.3) is 10.8 Å². The van der Waals surface area contributed by atoms with Crippen LogP contribution in [-0.4, -0.2) is 6.54 Å². The summed E-state index contributed by atoms with van der Waals surface area (Å²) in [6, 6.07) is 13.4. The second-order valence-electron chi connectivity index (χ2n) is 4.43. The summed E-state index contributed by atoms with van der Waals surface area (Å²) in [4.78, 5) is 0. The molecule has 1 nitrogen and oxygen atoms in total. The van der Waals surface area contributed by atoms with Gasteiger partial charge in [0.2, 0.25) is 0 Å². The van der Waals surface area contributed by atoms with E-state index in [2.05, 4.69) is 43.3 Å². The molecule has 2 N–H and O–H groups in total. The summed E-state index contributed by atoms with van der Waals surface area (Å²) in [7, 11) is 0. The first kappa shape index (κ1) is 11.2. The van der Waals surface area contributed by atoms with Crippen molar-refractivity contribution in [3.63, 3.8) is 0 Å². The molecule has 2 rings (SSSR count). The number of nitrogens with two attached hydrogens (primary N) is 1. The van der Waals surface area contributed by atoms with E-state index in [9.17, 15) is 0 Å². The zero-order valence-corrected chi connectivity index (χ0v) is 9.87. The highest BCUT2D eigenvalue weighted by atomic mass is 14.5. The van der Waals surface area contributed by atoms with Crippen molar-refractivity contribution in [2.24, 2.45) is 5.73 Å². The number of hydrogen-bond acceptors (Lipinski definition) is 1. The van der Waals surface area contributed by atoms with Gasteiger partial charge in [-0.15, -0.1) is 0 Å². The van der Waals surface area contributed by atoms with Crippen LogP contribution in [0, 0.1) is 6.92 Å². The van der Waals surface area contributed by atoms with Crippen LogP contribution >= 0.6 is 0 Å². The molecule has 0 fully saturated rings. The molecule has 0 spiro atoms. The van der Waals surface area contributed by atoms with Gasteiger partial charge in [-0.1, -0.05) is 42.0 Å². The standard InChI is InChI=1S/C15H19N/c1-12-5-7-15-11-13(4-2-3-9-16)6-8-14(15)10-12/h5-8,10-11H,2-4,9,16H2,1H3. The van der Waals surface area contributed by atoms with Gasteiger partial charge >= 0.3 is 0 Å². The number of unbranched alkanes of at least 4 members (excludes halogenated alkanes) is 1. The molecule has 0 aliphatic rings. The smallest absolute Gasteiger partial charge is 0.00772 e. The lowest BCUT2D eigenvalue weighted by molar-refractivity contribution is 0.745. The molecule has 84 valence electrons. The third-order valence-electron chi connectivity index (χ3n) is 2.98. The van der Waals surface area contributed by atoms with Crippen molar-refractivity contribution in [3.05, 3.63) is 47.5 Å². The first-order valence-corrected chi connectivity index (χ1v) is 5.99. The first-order valence-electron chi connectivity index (χ1n) is 5.99. The van der Waals surface area contributed by atoms with Crippen molar-refractivity contribution in [1.82, 2.24) is 0 Å². The molecular weight excluding hydrogens is 194 g/mol. The minimum atomic E-state index is 0.798. The Morgan fingerprint density at radius 2 is 1.69 bits per heavy atom. The summed E-state index contributed by atoms with van der Waals surface area (Å²) >= 11 is 0. The fourth-order valence-corrected chi connectivity index (χ4v) is 2.04. The minimum absolute atomic E-state index is 0.798. The topological polar surface area (TPSA) is 26.0 Å². The molecule has 0 bridgehead atoms. The van der Waals surface area contributed by atoms with Crippen molar-refractivity contribution in [3.8, 4) is 0 Å². The molecule has 2 aromatic rings. The van der Waals surface area contributed by atoms with Gasteiger partial charge in [-0.3, -0.25) is 0 Å². The molecular formula is C15H19N. The van der Waals surface area contributed by atoms with E-state index in [1.54, 1.807) is 0 Å².